The second kappa shape index (κ2) is 3.44. The molecule has 3 heteroatoms. The first kappa shape index (κ1) is 7.38. The molecule has 9 heavy (non-hydrogen) atoms. The van der Waals surface area contributed by atoms with Crippen LogP contribution in [0.2, 0.25) is 0 Å². The van der Waals surface area contributed by atoms with Gasteiger partial charge in [0.25, 0.3) is 0 Å². The van der Waals surface area contributed by atoms with Gasteiger partial charge in [-0.1, -0.05) is 0 Å². The van der Waals surface area contributed by atoms with Crippen LogP contribution < -0.4 is 0 Å². The summed E-state index contributed by atoms with van der Waals surface area (Å²) in [4.78, 5) is 0. The third-order valence-electron chi connectivity index (χ3n) is 1.53. The maximum atomic E-state index is 9.06. The van der Waals surface area contributed by atoms with Gasteiger partial charge < -0.3 is 10.2 Å². The van der Waals surface area contributed by atoms with Crippen LogP contribution in [0.3, 0.4) is 0 Å². The fourth-order valence-electron chi connectivity index (χ4n) is 1.01. The minimum absolute atomic E-state index is 0.210. The van der Waals surface area contributed by atoms with E-state index in [1.54, 1.807) is 0 Å². The number of rotatable bonds is 1. The Morgan fingerprint density at radius 1 is 1.44 bits per heavy atom. The number of thioether (sulfide) groups is 1. The standard InChI is InChI=1S/C6H12O2S/c7-4-5-2-1-3-6(8)9-5/h5-8H,1-4H2. The number of aliphatic hydroxyl groups is 2. The van der Waals surface area contributed by atoms with Crippen molar-refractivity contribution in [1.82, 2.24) is 0 Å². The van der Waals surface area contributed by atoms with Gasteiger partial charge in [-0.3, -0.25) is 0 Å². The Kier molecular flexibility index (Phi) is 2.82. The van der Waals surface area contributed by atoms with Gasteiger partial charge in [-0.2, -0.15) is 0 Å². The molecule has 0 aromatic heterocycles. The highest BCUT2D eigenvalue weighted by Crippen LogP contribution is 2.29. The molecule has 2 unspecified atom stereocenters. The van der Waals surface area contributed by atoms with E-state index < -0.39 is 0 Å². The summed E-state index contributed by atoms with van der Waals surface area (Å²) in [5.74, 6) is 0. The van der Waals surface area contributed by atoms with E-state index in [2.05, 4.69) is 0 Å². The highest BCUT2D eigenvalue weighted by molar-refractivity contribution is 8.00. The second-order valence-electron chi connectivity index (χ2n) is 2.33. The van der Waals surface area contributed by atoms with Gasteiger partial charge >= 0.3 is 0 Å². The van der Waals surface area contributed by atoms with Crippen LogP contribution in [0.25, 0.3) is 0 Å². The Bertz CT molecular complexity index is 87.1. The maximum Gasteiger partial charge on any atom is 0.0996 e. The average Bonchev–Trinajstić information content (AvgIpc) is 1.88. The summed E-state index contributed by atoms with van der Waals surface area (Å²) in [5.41, 5.74) is -0.226. The monoisotopic (exact) mass is 148 g/mol. The Morgan fingerprint density at radius 3 is 2.67 bits per heavy atom. The lowest BCUT2D eigenvalue weighted by Gasteiger charge is -2.23. The van der Waals surface area contributed by atoms with E-state index in [0.29, 0.717) is 0 Å². The fraction of sp³-hybridized carbons (Fsp3) is 1.00. The summed E-state index contributed by atoms with van der Waals surface area (Å²) >= 11 is 1.49. The van der Waals surface area contributed by atoms with Crippen molar-refractivity contribution in [2.45, 2.75) is 29.9 Å². The molecule has 1 heterocycles. The van der Waals surface area contributed by atoms with Gasteiger partial charge in [0.15, 0.2) is 0 Å². The van der Waals surface area contributed by atoms with E-state index in [1.165, 1.54) is 11.8 Å². The summed E-state index contributed by atoms with van der Waals surface area (Å²) in [6.07, 6.45) is 3.00. The first-order valence-electron chi connectivity index (χ1n) is 3.27. The van der Waals surface area contributed by atoms with Gasteiger partial charge in [0.2, 0.25) is 0 Å². The van der Waals surface area contributed by atoms with Crippen LogP contribution in [-0.2, 0) is 0 Å². The van der Waals surface area contributed by atoms with Crippen molar-refractivity contribution in [2.75, 3.05) is 6.61 Å². The van der Waals surface area contributed by atoms with Crippen LogP contribution in [0.4, 0.5) is 0 Å². The van der Waals surface area contributed by atoms with E-state index in [9.17, 15) is 0 Å². The van der Waals surface area contributed by atoms with Crippen LogP contribution in [0, 0.1) is 0 Å². The minimum Gasteiger partial charge on any atom is -0.395 e. The first-order chi connectivity index (χ1) is 4.33. The van der Waals surface area contributed by atoms with Gasteiger partial charge in [-0.05, 0) is 19.3 Å². The summed E-state index contributed by atoms with van der Waals surface area (Å²) in [6, 6.07) is 0. The fourth-order valence-corrected chi connectivity index (χ4v) is 2.15. The van der Waals surface area contributed by atoms with Crippen molar-refractivity contribution < 1.29 is 10.2 Å². The van der Waals surface area contributed by atoms with Gasteiger partial charge in [0.05, 0.1) is 12.0 Å². The molecule has 1 fully saturated rings. The van der Waals surface area contributed by atoms with Crippen molar-refractivity contribution in [3.05, 3.63) is 0 Å². The van der Waals surface area contributed by atoms with Gasteiger partial charge in [-0.15, -0.1) is 11.8 Å². The third kappa shape index (κ3) is 2.16. The van der Waals surface area contributed by atoms with Gasteiger partial charge in [-0.25, -0.2) is 0 Å². The summed E-state index contributed by atoms with van der Waals surface area (Å²) in [5, 5.41) is 18.0. The molecule has 0 spiro atoms. The molecule has 0 aromatic carbocycles. The molecule has 0 bridgehead atoms. The van der Waals surface area contributed by atoms with Crippen molar-refractivity contribution in [3.8, 4) is 0 Å². The highest BCUT2D eigenvalue weighted by atomic mass is 32.2. The molecule has 1 saturated heterocycles. The predicted molar refractivity (Wildman–Crippen MR) is 38.3 cm³/mol. The van der Waals surface area contributed by atoms with E-state index in [-0.39, 0.29) is 17.3 Å². The molecular formula is C6H12O2S. The second-order valence-corrected chi connectivity index (χ2v) is 3.81. The first-order valence-corrected chi connectivity index (χ1v) is 4.21. The van der Waals surface area contributed by atoms with Crippen LogP contribution in [0.1, 0.15) is 19.3 Å². The van der Waals surface area contributed by atoms with Crippen LogP contribution in [0.5, 0.6) is 0 Å². The summed E-state index contributed by atoms with van der Waals surface area (Å²) in [6.45, 7) is 0.210. The molecule has 1 aliphatic rings. The minimum atomic E-state index is -0.226. The van der Waals surface area contributed by atoms with E-state index >= 15 is 0 Å². The number of hydrogen-bond donors (Lipinski definition) is 2. The predicted octanol–water partition coefficient (Wildman–Crippen LogP) is 0.583. The molecule has 0 saturated carbocycles. The van der Waals surface area contributed by atoms with Crippen molar-refractivity contribution in [3.63, 3.8) is 0 Å². The number of hydrogen-bond acceptors (Lipinski definition) is 3. The SMILES string of the molecule is OCC1CCCC(O)S1. The quantitative estimate of drug-likeness (QED) is 0.571. The van der Waals surface area contributed by atoms with Crippen molar-refractivity contribution in [2.24, 2.45) is 0 Å². The summed E-state index contributed by atoms with van der Waals surface area (Å²) in [7, 11) is 0. The molecule has 1 rings (SSSR count). The van der Waals surface area contributed by atoms with Crippen LogP contribution in [-0.4, -0.2) is 27.5 Å². The Hall–Kier alpha value is 0.270. The zero-order valence-electron chi connectivity index (χ0n) is 5.29. The zero-order chi connectivity index (χ0) is 6.69. The van der Waals surface area contributed by atoms with Crippen LogP contribution in [0.15, 0.2) is 0 Å². The Morgan fingerprint density at radius 2 is 2.22 bits per heavy atom. The zero-order valence-corrected chi connectivity index (χ0v) is 6.10. The summed E-state index contributed by atoms with van der Waals surface area (Å²) < 4.78 is 0. The lowest BCUT2D eigenvalue weighted by atomic mass is 10.2. The van der Waals surface area contributed by atoms with Gasteiger partial charge in [0.1, 0.15) is 0 Å². The molecule has 2 N–H and O–H groups in total. The van der Waals surface area contributed by atoms with E-state index in [0.717, 1.165) is 19.3 Å². The lowest BCUT2D eigenvalue weighted by Crippen LogP contribution is -2.19. The molecule has 0 aromatic rings. The molecule has 0 aliphatic carbocycles. The highest BCUT2D eigenvalue weighted by Gasteiger charge is 2.19. The molecule has 2 nitrogen and oxygen atoms in total. The van der Waals surface area contributed by atoms with Gasteiger partial charge in [0, 0.05) is 5.25 Å². The molecular weight excluding hydrogens is 136 g/mol. The Labute approximate surface area is 59.3 Å². The average molecular weight is 148 g/mol. The Balaban J connectivity index is 2.23. The third-order valence-corrected chi connectivity index (χ3v) is 2.85. The molecule has 54 valence electrons. The smallest absolute Gasteiger partial charge is 0.0996 e. The molecule has 1 aliphatic heterocycles. The topological polar surface area (TPSA) is 40.5 Å². The van der Waals surface area contributed by atoms with Crippen LogP contribution >= 0.6 is 11.8 Å². The molecule has 0 radical (unpaired) electrons. The molecule has 0 amide bonds. The normalized spacial score (nSPS) is 36.7. The number of aliphatic hydroxyl groups excluding tert-OH is 2. The largest absolute Gasteiger partial charge is 0.395 e. The maximum absolute atomic E-state index is 9.06. The molecule has 2 atom stereocenters. The van der Waals surface area contributed by atoms with Crippen molar-refractivity contribution >= 4 is 11.8 Å². The lowest BCUT2D eigenvalue weighted by molar-refractivity contribution is 0.226. The van der Waals surface area contributed by atoms with E-state index in [1.807, 2.05) is 0 Å². The van der Waals surface area contributed by atoms with Crippen molar-refractivity contribution in [1.29, 1.82) is 0 Å². The van der Waals surface area contributed by atoms with E-state index in [4.69, 9.17) is 10.2 Å².